The zero-order valence-corrected chi connectivity index (χ0v) is 19.2. The molecule has 0 unspecified atom stereocenters. The van der Waals surface area contributed by atoms with Crippen molar-refractivity contribution in [1.29, 1.82) is 0 Å². The first-order valence-electron chi connectivity index (χ1n) is 9.66. The molecule has 1 fully saturated rings. The van der Waals surface area contributed by atoms with E-state index in [2.05, 4.69) is 26.6 Å². The van der Waals surface area contributed by atoms with Gasteiger partial charge in [0.05, 0.1) is 7.11 Å². The molecule has 0 spiro atoms. The fourth-order valence-electron chi connectivity index (χ4n) is 2.91. The van der Waals surface area contributed by atoms with Crippen LogP contribution in [0.1, 0.15) is 12.5 Å². The van der Waals surface area contributed by atoms with Crippen LogP contribution in [0.2, 0.25) is 0 Å². The molecular weight excluding hydrogens is 498 g/mol. The summed E-state index contributed by atoms with van der Waals surface area (Å²) in [6, 6.07) is 10.8. The molecule has 10 nitrogen and oxygen atoms in total. The Morgan fingerprint density at radius 2 is 1.91 bits per heavy atom. The molecule has 4 amide bonds. The van der Waals surface area contributed by atoms with Crippen LogP contribution in [0.25, 0.3) is 6.08 Å². The van der Waals surface area contributed by atoms with Gasteiger partial charge >= 0.3 is 12.0 Å². The normalized spacial score (nSPS) is 15.2. The van der Waals surface area contributed by atoms with Crippen molar-refractivity contribution in [2.24, 2.45) is 0 Å². The van der Waals surface area contributed by atoms with E-state index in [9.17, 15) is 19.2 Å². The number of halogens is 1. The number of nitrogens with one attached hydrogen (secondary N) is 2. The first kappa shape index (κ1) is 23.8. The Labute approximate surface area is 197 Å². The Morgan fingerprint density at radius 3 is 2.55 bits per heavy atom. The summed E-state index contributed by atoms with van der Waals surface area (Å²) in [7, 11) is 1.39. The second-order valence-electron chi connectivity index (χ2n) is 6.91. The minimum Gasteiger partial charge on any atom is -0.493 e. The minimum atomic E-state index is -1.19. The van der Waals surface area contributed by atoms with Gasteiger partial charge in [-0.2, -0.15) is 0 Å². The predicted octanol–water partition coefficient (Wildman–Crippen LogP) is 2.84. The lowest BCUT2D eigenvalue weighted by atomic mass is 10.1. The van der Waals surface area contributed by atoms with Crippen LogP contribution in [-0.2, 0) is 14.4 Å². The van der Waals surface area contributed by atoms with E-state index >= 15 is 0 Å². The van der Waals surface area contributed by atoms with Crippen molar-refractivity contribution in [1.82, 2.24) is 10.2 Å². The number of ether oxygens (including phenoxy) is 2. The monoisotopic (exact) mass is 517 g/mol. The van der Waals surface area contributed by atoms with Crippen LogP contribution >= 0.6 is 15.9 Å². The van der Waals surface area contributed by atoms with Crippen LogP contribution in [0.3, 0.4) is 0 Å². The second kappa shape index (κ2) is 10.2. The van der Waals surface area contributed by atoms with Gasteiger partial charge < -0.3 is 25.2 Å². The van der Waals surface area contributed by atoms with Crippen molar-refractivity contribution in [2.75, 3.05) is 19.0 Å². The molecule has 1 atom stereocenters. The molecule has 1 heterocycles. The van der Waals surface area contributed by atoms with E-state index in [4.69, 9.17) is 14.6 Å². The third kappa shape index (κ3) is 5.69. The molecule has 3 rings (SSSR count). The van der Waals surface area contributed by atoms with E-state index in [-0.39, 0.29) is 17.2 Å². The van der Waals surface area contributed by atoms with Gasteiger partial charge in [-0.25, -0.2) is 14.5 Å². The lowest BCUT2D eigenvalue weighted by molar-refractivity contribution is -0.144. The standard InChI is InChI=1S/C22H20BrN3O7/c1-12(21(29)30)33-19-13(4-3-5-17(19)32-2)10-16-20(28)26(22(31)25-16)11-18(27)24-15-8-6-14(23)7-9-15/h3-10,12H,11H2,1-2H3,(H,24,27)(H,25,31)(H,29,30)/b16-10-/t12-/m1/s1. The van der Waals surface area contributed by atoms with Gasteiger partial charge in [-0.3, -0.25) is 9.59 Å². The SMILES string of the molecule is COc1cccc(/C=C2\NC(=O)N(CC(=O)Nc3ccc(Br)cc3)C2=O)c1O[C@H](C)C(=O)O. The van der Waals surface area contributed by atoms with E-state index in [1.54, 1.807) is 42.5 Å². The van der Waals surface area contributed by atoms with Crippen molar-refractivity contribution in [3.05, 3.63) is 58.2 Å². The molecule has 2 aromatic carbocycles. The summed E-state index contributed by atoms with van der Waals surface area (Å²) in [5.74, 6) is -2.11. The number of para-hydroxylation sites is 1. The molecule has 0 aromatic heterocycles. The second-order valence-corrected chi connectivity index (χ2v) is 7.83. The number of rotatable bonds is 8. The number of anilines is 1. The van der Waals surface area contributed by atoms with Gasteiger partial charge in [0.15, 0.2) is 17.6 Å². The lowest BCUT2D eigenvalue weighted by Crippen LogP contribution is -2.38. The number of nitrogens with zero attached hydrogens (tertiary/aromatic N) is 1. The van der Waals surface area contributed by atoms with Crippen LogP contribution in [0.15, 0.2) is 52.6 Å². The van der Waals surface area contributed by atoms with Crippen molar-refractivity contribution in [2.45, 2.75) is 13.0 Å². The molecule has 1 saturated heterocycles. The Morgan fingerprint density at radius 1 is 1.21 bits per heavy atom. The summed E-state index contributed by atoms with van der Waals surface area (Å²) < 4.78 is 11.6. The molecule has 0 bridgehead atoms. The maximum absolute atomic E-state index is 12.8. The van der Waals surface area contributed by atoms with Gasteiger partial charge in [-0.1, -0.05) is 28.1 Å². The maximum atomic E-state index is 12.8. The topological polar surface area (TPSA) is 134 Å². The number of carbonyl (C=O) groups is 4. The highest BCUT2D eigenvalue weighted by atomic mass is 79.9. The number of carboxylic acid groups (broad SMARTS) is 1. The molecule has 33 heavy (non-hydrogen) atoms. The Hall–Kier alpha value is -3.86. The van der Waals surface area contributed by atoms with Crippen molar-refractivity contribution >= 4 is 51.5 Å². The number of amides is 4. The lowest BCUT2D eigenvalue weighted by Gasteiger charge is -2.16. The average molecular weight is 518 g/mol. The molecular formula is C22H20BrN3O7. The number of carbonyl (C=O) groups excluding carboxylic acids is 3. The molecule has 0 aliphatic carbocycles. The smallest absolute Gasteiger partial charge is 0.344 e. The van der Waals surface area contributed by atoms with E-state index in [1.807, 2.05) is 0 Å². The van der Waals surface area contributed by atoms with E-state index in [0.29, 0.717) is 11.3 Å². The largest absolute Gasteiger partial charge is 0.493 e. The number of methoxy groups -OCH3 is 1. The summed E-state index contributed by atoms with van der Waals surface area (Å²) in [6.07, 6.45) is 0.144. The van der Waals surface area contributed by atoms with Gasteiger partial charge in [0.25, 0.3) is 5.91 Å². The maximum Gasteiger partial charge on any atom is 0.344 e. The summed E-state index contributed by atoms with van der Waals surface area (Å²) >= 11 is 3.30. The fourth-order valence-corrected chi connectivity index (χ4v) is 3.17. The van der Waals surface area contributed by atoms with Gasteiger partial charge in [-0.15, -0.1) is 0 Å². The summed E-state index contributed by atoms with van der Waals surface area (Å²) in [5.41, 5.74) is 0.724. The highest BCUT2D eigenvalue weighted by Gasteiger charge is 2.35. The Kier molecular flexibility index (Phi) is 7.34. The average Bonchev–Trinajstić information content (AvgIpc) is 3.03. The highest BCUT2D eigenvalue weighted by molar-refractivity contribution is 9.10. The number of carboxylic acids is 1. The number of hydrogen-bond acceptors (Lipinski definition) is 6. The third-order valence-electron chi connectivity index (χ3n) is 4.56. The number of urea groups is 1. The van der Waals surface area contributed by atoms with E-state index < -0.39 is 36.5 Å². The predicted molar refractivity (Wildman–Crippen MR) is 122 cm³/mol. The highest BCUT2D eigenvalue weighted by Crippen LogP contribution is 2.34. The van der Waals surface area contributed by atoms with Crippen LogP contribution in [0.4, 0.5) is 10.5 Å². The summed E-state index contributed by atoms with van der Waals surface area (Å²) in [5, 5.41) is 14.2. The third-order valence-corrected chi connectivity index (χ3v) is 5.09. The zero-order chi connectivity index (χ0) is 24.1. The molecule has 0 saturated carbocycles. The molecule has 1 aliphatic heterocycles. The molecule has 11 heteroatoms. The first-order chi connectivity index (χ1) is 15.7. The van der Waals surface area contributed by atoms with Crippen molar-refractivity contribution in [3.63, 3.8) is 0 Å². The quantitative estimate of drug-likeness (QED) is 0.362. The Bertz CT molecular complexity index is 1130. The van der Waals surface area contributed by atoms with Gasteiger partial charge in [0.1, 0.15) is 12.2 Å². The van der Waals surface area contributed by atoms with Crippen LogP contribution in [0.5, 0.6) is 11.5 Å². The van der Waals surface area contributed by atoms with E-state index in [0.717, 1.165) is 9.37 Å². The molecule has 3 N–H and O–H groups in total. The zero-order valence-electron chi connectivity index (χ0n) is 17.6. The van der Waals surface area contributed by atoms with Gasteiger partial charge in [0, 0.05) is 15.7 Å². The number of imide groups is 1. The molecule has 172 valence electrons. The van der Waals surface area contributed by atoms with E-state index in [1.165, 1.54) is 20.1 Å². The van der Waals surface area contributed by atoms with Gasteiger partial charge in [-0.05, 0) is 43.3 Å². The number of aliphatic carboxylic acids is 1. The number of hydrogen-bond donors (Lipinski definition) is 3. The van der Waals surface area contributed by atoms with Crippen molar-refractivity contribution < 1.29 is 33.8 Å². The molecule has 1 aliphatic rings. The summed E-state index contributed by atoms with van der Waals surface area (Å²) in [4.78, 5) is 49.4. The van der Waals surface area contributed by atoms with Crippen LogP contribution < -0.4 is 20.1 Å². The molecule has 0 radical (unpaired) electrons. The Balaban J connectivity index is 1.80. The number of benzene rings is 2. The molecule has 2 aromatic rings. The first-order valence-corrected chi connectivity index (χ1v) is 10.5. The summed E-state index contributed by atoms with van der Waals surface area (Å²) in [6.45, 7) is 0.857. The van der Waals surface area contributed by atoms with Crippen LogP contribution in [-0.4, -0.2) is 53.6 Å². The van der Waals surface area contributed by atoms with Crippen molar-refractivity contribution in [3.8, 4) is 11.5 Å². The van der Waals surface area contributed by atoms with Gasteiger partial charge in [0.2, 0.25) is 5.91 Å². The minimum absolute atomic E-state index is 0.0934. The fraction of sp³-hybridized carbons (Fsp3) is 0.182. The van der Waals surface area contributed by atoms with Crippen LogP contribution in [0, 0.1) is 0 Å².